The topological polar surface area (TPSA) is 49.0 Å². The van der Waals surface area contributed by atoms with Gasteiger partial charge in [0.15, 0.2) is 0 Å². The summed E-state index contributed by atoms with van der Waals surface area (Å²) in [5, 5.41) is 4.37. The molecule has 7 heteroatoms. The van der Waals surface area contributed by atoms with Crippen LogP contribution in [0.4, 0.5) is 0 Å². The fraction of sp³-hybridized carbons (Fsp3) is 0.195. The van der Waals surface area contributed by atoms with Crippen LogP contribution in [0.25, 0.3) is 128 Å². The van der Waals surface area contributed by atoms with Gasteiger partial charge in [-0.15, -0.1) is 29.7 Å². The van der Waals surface area contributed by atoms with Gasteiger partial charge in [-0.1, -0.05) is 196 Å². The maximum Gasteiger partial charge on any atom is 0.268 e. The Morgan fingerprint density at radius 3 is 1.87 bits per heavy atom. The van der Waals surface area contributed by atoms with Crippen LogP contribution >= 0.6 is 0 Å². The molecular weight excluding hydrogens is 1270 g/mol. The van der Waals surface area contributed by atoms with Crippen LogP contribution in [-0.4, -0.2) is 14.1 Å². The van der Waals surface area contributed by atoms with E-state index >= 15 is 0 Å². The van der Waals surface area contributed by atoms with Gasteiger partial charge in [0.1, 0.15) is 17.0 Å². The molecule has 14 aromatic rings. The molecule has 1 aliphatic heterocycles. The Balaban J connectivity index is 0.00000663. The number of furan rings is 1. The third kappa shape index (κ3) is 9.23. The molecule has 10 aromatic carbocycles. The second-order valence-corrected chi connectivity index (χ2v) is 27.8. The van der Waals surface area contributed by atoms with Gasteiger partial charge in [0.25, 0.3) is 6.33 Å². The van der Waals surface area contributed by atoms with E-state index in [0.29, 0.717) is 11.5 Å². The minimum atomic E-state index is -0.0607. The summed E-state index contributed by atoms with van der Waals surface area (Å²) in [5.74, 6) is 1.96. The van der Waals surface area contributed by atoms with Gasteiger partial charge in [-0.2, -0.15) is 18.2 Å². The molecule has 4 aromatic heterocycles. The number of benzene rings is 10. The fourth-order valence-electron chi connectivity index (χ4n) is 14.2. The van der Waals surface area contributed by atoms with E-state index in [1.54, 1.807) is 0 Å². The summed E-state index contributed by atoms with van der Waals surface area (Å²) < 4.78 is 20.2. The average molecular weight is 1340 g/mol. The Bertz CT molecular complexity index is 5210. The molecule has 0 saturated heterocycles. The van der Waals surface area contributed by atoms with Gasteiger partial charge in [0.2, 0.25) is 0 Å². The van der Waals surface area contributed by atoms with Crippen molar-refractivity contribution in [3.8, 4) is 84.3 Å². The molecule has 6 nitrogen and oxygen atoms in total. The van der Waals surface area contributed by atoms with Crippen LogP contribution in [0.2, 0.25) is 0 Å². The van der Waals surface area contributed by atoms with Gasteiger partial charge in [-0.3, -0.25) is 4.57 Å². The first-order valence-corrected chi connectivity index (χ1v) is 31.0. The van der Waals surface area contributed by atoms with E-state index in [9.17, 15) is 0 Å². The van der Waals surface area contributed by atoms with Crippen molar-refractivity contribution in [2.24, 2.45) is 0 Å². The number of imidazole rings is 1. The van der Waals surface area contributed by atoms with E-state index < -0.39 is 0 Å². The molecule has 89 heavy (non-hydrogen) atoms. The monoisotopic (exact) mass is 1340 g/mol. The third-order valence-electron chi connectivity index (χ3n) is 19.2. The quantitative estimate of drug-likeness (QED) is 0.123. The van der Waals surface area contributed by atoms with Crippen LogP contribution < -0.4 is 9.30 Å². The summed E-state index contributed by atoms with van der Waals surface area (Å²) in [6.07, 6.45) is 8.24. The second kappa shape index (κ2) is 20.5. The van der Waals surface area contributed by atoms with E-state index in [1.807, 2.05) is 24.4 Å². The zero-order chi connectivity index (χ0) is 60.2. The first kappa shape index (κ1) is 56.4. The minimum Gasteiger partial charge on any atom is -0.510 e. The van der Waals surface area contributed by atoms with Crippen molar-refractivity contribution in [2.75, 3.05) is 0 Å². The summed E-state index contributed by atoms with van der Waals surface area (Å²) in [4.78, 5) is 4.95. The zero-order valence-corrected chi connectivity index (χ0v) is 54.2. The molecule has 0 radical (unpaired) electrons. The molecular formula is C82H68N4O2Pt-2. The molecule has 0 bridgehead atoms. The molecule has 0 unspecified atom stereocenters. The average Bonchev–Trinajstić information content (AvgIpc) is 1.70. The molecule has 5 heterocycles. The van der Waals surface area contributed by atoms with Crippen LogP contribution in [0.15, 0.2) is 211 Å². The molecule has 0 amide bonds. The molecule has 16 rings (SSSR count). The number of hydrogen-bond acceptors (Lipinski definition) is 3. The van der Waals surface area contributed by atoms with Gasteiger partial charge in [-0.25, -0.2) is 4.98 Å². The van der Waals surface area contributed by atoms with Crippen molar-refractivity contribution >= 4 is 54.8 Å². The standard InChI is InChI=1S/C82H68N4O2.Pt/c1-79(2,3)53-32-29-50(30-33-53)52-42-68-60-22-12-11-21-59(60)65-47-69-70(82(9,10)39-38-81(69,7)8)48-66(65)64-26-18-25-58(51-31-36-75-67(41-51)63-24-14-16-28-74(63)88-75)77(64)85-49-84(73(43-52)78(68)85)55-19-17-20-56(45-55)87-57-34-35-62-61-23-13-15-27-71(61)86(72(62)46-57)76-44-54(37-40-83-76)80(4,5)6;/h11-37,40-44,47-48H,38-39H2,1-10H3;/q-2;. The largest absolute Gasteiger partial charge is 0.510 e. The van der Waals surface area contributed by atoms with E-state index in [0.717, 1.165) is 124 Å². The smallest absolute Gasteiger partial charge is 0.268 e. The predicted molar refractivity (Wildman–Crippen MR) is 361 cm³/mol. The first-order valence-electron chi connectivity index (χ1n) is 31.0. The van der Waals surface area contributed by atoms with Gasteiger partial charge in [-0.05, 0) is 172 Å². The van der Waals surface area contributed by atoms with Gasteiger partial charge in [0, 0.05) is 55.1 Å². The fourth-order valence-corrected chi connectivity index (χ4v) is 14.2. The Kier molecular flexibility index (Phi) is 13.0. The van der Waals surface area contributed by atoms with E-state index in [1.165, 1.54) is 38.9 Å². The predicted octanol–water partition coefficient (Wildman–Crippen LogP) is 21.1. The molecule has 2 aliphatic rings. The van der Waals surface area contributed by atoms with E-state index in [2.05, 4.69) is 283 Å². The van der Waals surface area contributed by atoms with Gasteiger partial charge < -0.3 is 18.3 Å². The Morgan fingerprint density at radius 2 is 1.11 bits per heavy atom. The minimum absolute atomic E-state index is 0. The van der Waals surface area contributed by atoms with Crippen molar-refractivity contribution in [3.63, 3.8) is 0 Å². The zero-order valence-electron chi connectivity index (χ0n) is 52.0. The number of fused-ring (bicyclic) bond motifs is 14. The second-order valence-electron chi connectivity index (χ2n) is 27.8. The Morgan fingerprint density at radius 1 is 0.483 bits per heavy atom. The SMILES string of the molecule is CC(C)(C)c1ccc(-c2cc3c4c(c2)n(-c2[c-]c(Oc5[c-]c6c(cc5)c5ccccc5n6-c5cc(C(C)(C)C)ccn5)ccc2)[c-][n+]4-c2c(-c4ccc5oc6ccccc6c5c4)cccc2-c2cc4c(cc2-c2ccccc2-3)C(C)(C)CCC4(C)C)cc1.[Pt]. The Labute approximate surface area is 535 Å². The summed E-state index contributed by atoms with van der Waals surface area (Å²) in [5.41, 5.74) is 24.1. The molecule has 0 fully saturated rings. The summed E-state index contributed by atoms with van der Waals surface area (Å²) in [7, 11) is 0. The maximum absolute atomic E-state index is 6.95. The molecule has 0 N–H and O–H groups in total. The number of aromatic nitrogens is 4. The molecule has 0 atom stereocenters. The Hall–Kier alpha value is -9.09. The van der Waals surface area contributed by atoms with Crippen molar-refractivity contribution in [3.05, 3.63) is 247 Å². The van der Waals surface area contributed by atoms with Crippen molar-refractivity contribution in [1.82, 2.24) is 14.1 Å². The molecule has 1 aliphatic carbocycles. The maximum atomic E-state index is 6.95. The normalized spacial score (nSPS) is 14.2. The van der Waals surface area contributed by atoms with Crippen molar-refractivity contribution in [2.45, 2.75) is 104 Å². The van der Waals surface area contributed by atoms with Gasteiger partial charge >= 0.3 is 0 Å². The van der Waals surface area contributed by atoms with Crippen LogP contribution in [0.5, 0.6) is 11.5 Å². The summed E-state index contributed by atoms with van der Waals surface area (Å²) >= 11 is 0. The number of hydrogen-bond donors (Lipinski definition) is 0. The van der Waals surface area contributed by atoms with Crippen molar-refractivity contribution in [1.29, 1.82) is 0 Å². The number of pyridine rings is 1. The van der Waals surface area contributed by atoms with E-state index in [4.69, 9.17) is 14.1 Å². The number of rotatable bonds is 6. The van der Waals surface area contributed by atoms with E-state index in [-0.39, 0.29) is 42.7 Å². The first-order chi connectivity index (χ1) is 42.3. The number of para-hydroxylation sites is 3. The van der Waals surface area contributed by atoms with Crippen LogP contribution in [-0.2, 0) is 42.7 Å². The summed E-state index contributed by atoms with van der Waals surface area (Å²) in [6.45, 7) is 23.3. The molecule has 0 spiro atoms. The van der Waals surface area contributed by atoms with Gasteiger partial charge in [0.05, 0.1) is 16.7 Å². The van der Waals surface area contributed by atoms with Crippen molar-refractivity contribution < 1.29 is 34.8 Å². The number of ether oxygens (including phenoxy) is 1. The molecule has 440 valence electrons. The van der Waals surface area contributed by atoms with Crippen LogP contribution in [0, 0.1) is 18.5 Å². The van der Waals surface area contributed by atoms with Crippen LogP contribution in [0.1, 0.15) is 104 Å². The summed E-state index contributed by atoms with van der Waals surface area (Å²) in [6, 6.07) is 80.7. The van der Waals surface area contributed by atoms with Crippen LogP contribution in [0.3, 0.4) is 0 Å². The molecule has 0 saturated carbocycles. The number of nitrogens with zero attached hydrogens (tertiary/aromatic N) is 4. The third-order valence-corrected chi connectivity index (χ3v) is 19.2.